The molecule has 3 rings (SSSR count). The van der Waals surface area contributed by atoms with Gasteiger partial charge in [-0.05, 0) is 24.4 Å². The van der Waals surface area contributed by atoms with Gasteiger partial charge in [-0.15, -0.1) is 10.2 Å². The number of hydrogen-bond donors (Lipinski definition) is 2. The van der Waals surface area contributed by atoms with Crippen molar-refractivity contribution in [3.63, 3.8) is 0 Å². The second-order valence-electron chi connectivity index (χ2n) is 4.62. The van der Waals surface area contributed by atoms with Crippen molar-refractivity contribution in [3.05, 3.63) is 41.0 Å². The average molecular weight is 348 g/mol. The lowest BCUT2D eigenvalue weighted by Crippen LogP contribution is -2.41. The molecule has 0 aromatic carbocycles. The summed E-state index contributed by atoms with van der Waals surface area (Å²) < 4.78 is 4.83. The van der Waals surface area contributed by atoms with Crippen LogP contribution in [0, 0.1) is 0 Å². The van der Waals surface area contributed by atoms with Crippen LogP contribution < -0.4 is 10.6 Å². The Kier molecular flexibility index (Phi) is 4.49. The molecule has 0 aliphatic heterocycles. The van der Waals surface area contributed by atoms with Gasteiger partial charge in [0.25, 0.3) is 5.91 Å². The first-order valence-electron chi connectivity index (χ1n) is 6.63. The van der Waals surface area contributed by atoms with Crippen molar-refractivity contribution < 1.29 is 14.0 Å². The Balaban J connectivity index is 1.59. The van der Waals surface area contributed by atoms with Crippen LogP contribution in [0.5, 0.6) is 0 Å². The minimum Gasteiger partial charge on any atom is -0.472 e. The molecule has 3 heterocycles. The van der Waals surface area contributed by atoms with Gasteiger partial charge in [-0.1, -0.05) is 11.3 Å². The molecule has 0 aliphatic rings. The van der Waals surface area contributed by atoms with Crippen LogP contribution in [0.3, 0.4) is 0 Å². The van der Waals surface area contributed by atoms with Crippen LogP contribution >= 0.6 is 22.7 Å². The number of amides is 2. The van der Waals surface area contributed by atoms with Gasteiger partial charge >= 0.3 is 0 Å². The average Bonchev–Trinajstić information content (AvgIpc) is 3.28. The van der Waals surface area contributed by atoms with Crippen molar-refractivity contribution in [3.8, 4) is 10.6 Å². The van der Waals surface area contributed by atoms with Gasteiger partial charge in [-0.3, -0.25) is 14.9 Å². The summed E-state index contributed by atoms with van der Waals surface area (Å²) in [7, 11) is 0. The molecule has 0 spiro atoms. The van der Waals surface area contributed by atoms with Gasteiger partial charge in [-0.25, -0.2) is 0 Å². The molecule has 9 heteroatoms. The maximum absolute atomic E-state index is 12.1. The number of anilines is 1. The number of carbonyl (C=O) groups excluding carboxylic acids is 2. The minimum atomic E-state index is -0.717. The third-order valence-electron chi connectivity index (χ3n) is 2.95. The van der Waals surface area contributed by atoms with Crippen LogP contribution in [0.25, 0.3) is 10.6 Å². The van der Waals surface area contributed by atoms with Crippen LogP contribution in [0.1, 0.15) is 17.3 Å². The highest BCUT2D eigenvalue weighted by molar-refractivity contribution is 7.19. The van der Waals surface area contributed by atoms with Crippen LogP contribution in [-0.2, 0) is 4.79 Å². The van der Waals surface area contributed by atoms with E-state index in [9.17, 15) is 9.59 Å². The van der Waals surface area contributed by atoms with E-state index >= 15 is 0 Å². The van der Waals surface area contributed by atoms with Gasteiger partial charge in [0.05, 0.1) is 11.8 Å². The Labute approximate surface area is 139 Å². The fourth-order valence-corrected chi connectivity index (χ4v) is 3.19. The number of carbonyl (C=O) groups is 2. The molecule has 7 nitrogen and oxygen atoms in total. The third-order valence-corrected chi connectivity index (χ3v) is 4.52. The molecule has 0 bridgehead atoms. The summed E-state index contributed by atoms with van der Waals surface area (Å²) >= 11 is 2.84. The highest BCUT2D eigenvalue weighted by Crippen LogP contribution is 2.27. The topological polar surface area (TPSA) is 97.1 Å². The Bertz CT molecular complexity index is 796. The van der Waals surface area contributed by atoms with E-state index in [1.54, 1.807) is 18.3 Å². The zero-order valence-electron chi connectivity index (χ0n) is 12.0. The number of aromatic nitrogens is 2. The van der Waals surface area contributed by atoms with Gasteiger partial charge < -0.3 is 9.73 Å². The zero-order valence-corrected chi connectivity index (χ0v) is 13.6. The van der Waals surface area contributed by atoms with Crippen molar-refractivity contribution in [2.45, 2.75) is 13.0 Å². The van der Waals surface area contributed by atoms with E-state index in [-0.39, 0.29) is 11.8 Å². The molecule has 23 heavy (non-hydrogen) atoms. The first-order chi connectivity index (χ1) is 11.1. The number of thiophene rings is 1. The Morgan fingerprint density at radius 1 is 1.30 bits per heavy atom. The highest BCUT2D eigenvalue weighted by atomic mass is 32.1. The van der Waals surface area contributed by atoms with Gasteiger partial charge in [0.15, 0.2) is 0 Å². The second-order valence-corrected chi connectivity index (χ2v) is 6.38. The summed E-state index contributed by atoms with van der Waals surface area (Å²) in [5.74, 6) is -0.743. The molecule has 0 saturated carbocycles. The second kappa shape index (κ2) is 6.71. The molecule has 0 fully saturated rings. The summed E-state index contributed by atoms with van der Waals surface area (Å²) in [4.78, 5) is 24.0. The molecule has 2 N–H and O–H groups in total. The maximum Gasteiger partial charge on any atom is 0.255 e. The first-order valence-corrected chi connectivity index (χ1v) is 8.39. The maximum atomic E-state index is 12.1. The molecule has 118 valence electrons. The molecular formula is C14H12N4O3S2. The van der Waals surface area contributed by atoms with E-state index in [4.69, 9.17) is 4.42 Å². The van der Waals surface area contributed by atoms with Gasteiger partial charge in [0, 0.05) is 10.9 Å². The third kappa shape index (κ3) is 3.63. The van der Waals surface area contributed by atoms with E-state index in [1.807, 2.05) is 16.8 Å². The quantitative estimate of drug-likeness (QED) is 0.739. The summed E-state index contributed by atoms with van der Waals surface area (Å²) in [5.41, 5.74) is 1.33. The number of hydrogen-bond acceptors (Lipinski definition) is 7. The normalized spacial score (nSPS) is 11.9. The lowest BCUT2D eigenvalue weighted by molar-refractivity contribution is -0.117. The zero-order chi connectivity index (χ0) is 16.2. The lowest BCUT2D eigenvalue weighted by Gasteiger charge is -2.11. The SMILES string of the molecule is C[C@H](NC(=O)c1ccoc1)C(=O)Nc1nnc(-c2ccsc2)s1. The number of rotatable bonds is 5. The first kappa shape index (κ1) is 15.4. The Morgan fingerprint density at radius 2 is 2.17 bits per heavy atom. The van der Waals surface area contributed by atoms with E-state index in [0.29, 0.717) is 10.7 Å². The number of furan rings is 1. The van der Waals surface area contributed by atoms with Crippen molar-refractivity contribution >= 4 is 39.6 Å². The van der Waals surface area contributed by atoms with Crippen LogP contribution in [0.4, 0.5) is 5.13 Å². The fraction of sp³-hybridized carbons (Fsp3) is 0.143. The summed E-state index contributed by atoms with van der Waals surface area (Å²) in [6.07, 6.45) is 2.71. The van der Waals surface area contributed by atoms with Crippen molar-refractivity contribution in [2.75, 3.05) is 5.32 Å². The van der Waals surface area contributed by atoms with Crippen LogP contribution in [-0.4, -0.2) is 28.1 Å². The van der Waals surface area contributed by atoms with E-state index in [1.165, 1.54) is 29.9 Å². The largest absolute Gasteiger partial charge is 0.472 e. The monoisotopic (exact) mass is 348 g/mol. The lowest BCUT2D eigenvalue weighted by atomic mass is 10.2. The Hall–Kier alpha value is -2.52. The highest BCUT2D eigenvalue weighted by Gasteiger charge is 2.19. The fourth-order valence-electron chi connectivity index (χ4n) is 1.73. The standard InChI is InChI=1S/C14H12N4O3S2/c1-8(15-12(20)9-2-4-21-6-9)11(19)16-14-18-17-13(23-14)10-3-5-22-7-10/h2-8H,1H3,(H,15,20)(H,16,18,19)/t8-/m0/s1. The van der Waals surface area contributed by atoms with E-state index < -0.39 is 6.04 Å². The van der Waals surface area contributed by atoms with E-state index in [2.05, 4.69) is 20.8 Å². The van der Waals surface area contributed by atoms with Gasteiger partial charge in [0.1, 0.15) is 17.3 Å². The molecule has 0 saturated heterocycles. The predicted octanol–water partition coefficient (Wildman–Crippen LogP) is 2.62. The predicted molar refractivity (Wildman–Crippen MR) is 87.5 cm³/mol. The van der Waals surface area contributed by atoms with Gasteiger partial charge in [0.2, 0.25) is 11.0 Å². The molecule has 2 amide bonds. The smallest absolute Gasteiger partial charge is 0.255 e. The van der Waals surface area contributed by atoms with Crippen LogP contribution in [0.2, 0.25) is 0 Å². The molecule has 0 radical (unpaired) electrons. The molecule has 1 atom stereocenters. The van der Waals surface area contributed by atoms with Crippen LogP contribution in [0.15, 0.2) is 39.8 Å². The molecular weight excluding hydrogens is 336 g/mol. The van der Waals surface area contributed by atoms with Crippen molar-refractivity contribution in [1.82, 2.24) is 15.5 Å². The summed E-state index contributed by atoms with van der Waals surface area (Å²) in [6, 6.07) is 2.74. The van der Waals surface area contributed by atoms with E-state index in [0.717, 1.165) is 10.6 Å². The van der Waals surface area contributed by atoms with Crippen molar-refractivity contribution in [1.29, 1.82) is 0 Å². The Morgan fingerprint density at radius 3 is 2.87 bits per heavy atom. The molecule has 0 unspecified atom stereocenters. The molecule has 3 aromatic rings. The summed E-state index contributed by atoms with van der Waals surface area (Å²) in [6.45, 7) is 1.59. The number of nitrogens with zero attached hydrogens (tertiary/aromatic N) is 2. The minimum absolute atomic E-state index is 0.361. The van der Waals surface area contributed by atoms with Crippen molar-refractivity contribution in [2.24, 2.45) is 0 Å². The van der Waals surface area contributed by atoms with Gasteiger partial charge in [-0.2, -0.15) is 11.3 Å². The molecule has 0 aliphatic carbocycles. The number of nitrogens with one attached hydrogen (secondary N) is 2. The summed E-state index contributed by atoms with van der Waals surface area (Å²) in [5, 5.41) is 18.2. The molecule has 3 aromatic heterocycles.